The van der Waals surface area contributed by atoms with Crippen molar-refractivity contribution < 1.29 is 9.53 Å². The molecule has 1 aliphatic heterocycles. The van der Waals surface area contributed by atoms with E-state index in [1.54, 1.807) is 18.9 Å². The minimum Gasteiger partial charge on any atom is -0.497 e. The van der Waals surface area contributed by atoms with E-state index in [-0.39, 0.29) is 5.91 Å². The molecule has 7 nitrogen and oxygen atoms in total. The number of carbonyl (C=O) groups is 1. The number of rotatable bonds is 8. The summed E-state index contributed by atoms with van der Waals surface area (Å²) in [6.07, 6.45) is 0.666. The van der Waals surface area contributed by atoms with E-state index in [4.69, 9.17) is 4.74 Å². The van der Waals surface area contributed by atoms with Crippen LogP contribution in [0.1, 0.15) is 27.3 Å². The monoisotopic (exact) mass is 513 g/mol. The normalized spacial score (nSPS) is 14.1. The van der Waals surface area contributed by atoms with E-state index >= 15 is 0 Å². The molecule has 0 unspecified atom stereocenters. The van der Waals surface area contributed by atoms with Crippen LogP contribution in [0.3, 0.4) is 0 Å². The van der Waals surface area contributed by atoms with Gasteiger partial charge in [0.05, 0.1) is 7.11 Å². The Labute approximate surface area is 222 Å². The van der Waals surface area contributed by atoms with Gasteiger partial charge in [0, 0.05) is 49.6 Å². The van der Waals surface area contributed by atoms with Crippen molar-refractivity contribution >= 4 is 17.7 Å². The molecule has 0 N–H and O–H groups in total. The van der Waals surface area contributed by atoms with Crippen molar-refractivity contribution in [2.45, 2.75) is 17.3 Å². The lowest BCUT2D eigenvalue weighted by molar-refractivity contribution is 0.0663. The lowest BCUT2D eigenvalue weighted by atomic mass is 10.1. The minimum absolute atomic E-state index is 0.102. The minimum atomic E-state index is 0.102. The average Bonchev–Trinajstić information content (AvgIpc) is 3.34. The summed E-state index contributed by atoms with van der Waals surface area (Å²) >= 11 is 1.59. The molecule has 190 valence electrons. The number of aromatic nitrogens is 3. The third-order valence-corrected chi connectivity index (χ3v) is 7.61. The van der Waals surface area contributed by atoms with Gasteiger partial charge in [0.25, 0.3) is 5.91 Å². The standard InChI is InChI=1S/C29H31N5O2S/c1-32-16-18-33(19-17-32)28(35)26-11-7-6-10-23(26)21-37-29-31-30-27(20-22-8-4-3-5-9-22)34(29)24-12-14-25(36-2)15-13-24/h3-15H,16-21H2,1-2H3. The van der Waals surface area contributed by atoms with E-state index in [1.807, 2.05) is 71.6 Å². The van der Waals surface area contributed by atoms with Crippen molar-refractivity contribution in [1.29, 1.82) is 0 Å². The first-order chi connectivity index (χ1) is 18.1. The zero-order chi connectivity index (χ0) is 25.6. The molecule has 0 atom stereocenters. The van der Waals surface area contributed by atoms with Crippen LogP contribution in [-0.4, -0.2) is 70.8 Å². The van der Waals surface area contributed by atoms with Crippen LogP contribution in [0, 0.1) is 0 Å². The SMILES string of the molecule is COc1ccc(-n2c(Cc3ccccc3)nnc2SCc2ccccc2C(=O)N2CCN(C)CC2)cc1. The number of nitrogens with zero attached hydrogens (tertiary/aromatic N) is 5. The van der Waals surface area contributed by atoms with Gasteiger partial charge in [0.1, 0.15) is 11.6 Å². The summed E-state index contributed by atoms with van der Waals surface area (Å²) in [5.41, 5.74) is 3.91. The van der Waals surface area contributed by atoms with Crippen LogP contribution in [0.15, 0.2) is 84.0 Å². The van der Waals surface area contributed by atoms with Gasteiger partial charge in [-0.25, -0.2) is 0 Å². The Balaban J connectivity index is 1.41. The van der Waals surface area contributed by atoms with Gasteiger partial charge >= 0.3 is 0 Å². The molecule has 1 fully saturated rings. The van der Waals surface area contributed by atoms with Crippen molar-refractivity contribution in [2.24, 2.45) is 0 Å². The first kappa shape index (κ1) is 25.0. The number of methoxy groups -OCH3 is 1. The molecule has 0 aliphatic carbocycles. The summed E-state index contributed by atoms with van der Waals surface area (Å²) in [5.74, 6) is 2.38. The van der Waals surface area contributed by atoms with Gasteiger partial charge in [0.2, 0.25) is 0 Å². The number of hydrogen-bond acceptors (Lipinski definition) is 6. The summed E-state index contributed by atoms with van der Waals surface area (Å²) in [7, 11) is 3.76. The maximum Gasteiger partial charge on any atom is 0.254 e. The molecule has 0 spiro atoms. The third-order valence-electron chi connectivity index (χ3n) is 6.63. The van der Waals surface area contributed by atoms with Crippen molar-refractivity contribution in [2.75, 3.05) is 40.3 Å². The summed E-state index contributed by atoms with van der Waals surface area (Å²) in [4.78, 5) is 17.6. The second-order valence-electron chi connectivity index (χ2n) is 9.14. The number of ether oxygens (including phenoxy) is 1. The lowest BCUT2D eigenvalue weighted by Gasteiger charge is -2.32. The second-order valence-corrected chi connectivity index (χ2v) is 10.1. The number of thioether (sulfide) groups is 1. The van der Waals surface area contributed by atoms with Crippen LogP contribution in [0.25, 0.3) is 5.69 Å². The average molecular weight is 514 g/mol. The van der Waals surface area contributed by atoms with Crippen LogP contribution in [0.2, 0.25) is 0 Å². The first-order valence-electron chi connectivity index (χ1n) is 12.4. The summed E-state index contributed by atoms with van der Waals surface area (Å²) in [6, 6.07) is 26.1. The number of benzene rings is 3. The predicted octanol–water partition coefficient (Wildman–Crippen LogP) is 4.55. The second kappa shape index (κ2) is 11.6. The summed E-state index contributed by atoms with van der Waals surface area (Å²) in [6.45, 7) is 3.31. The van der Waals surface area contributed by atoms with Gasteiger partial charge in [0.15, 0.2) is 5.16 Å². The molecule has 3 aromatic carbocycles. The third kappa shape index (κ3) is 5.87. The molecule has 8 heteroatoms. The van der Waals surface area contributed by atoms with E-state index < -0.39 is 0 Å². The zero-order valence-electron chi connectivity index (χ0n) is 21.2. The summed E-state index contributed by atoms with van der Waals surface area (Å²) in [5, 5.41) is 9.91. The highest BCUT2D eigenvalue weighted by Crippen LogP contribution is 2.29. The highest BCUT2D eigenvalue weighted by molar-refractivity contribution is 7.98. The lowest BCUT2D eigenvalue weighted by Crippen LogP contribution is -2.47. The molecule has 2 heterocycles. The maximum absolute atomic E-state index is 13.3. The largest absolute Gasteiger partial charge is 0.497 e. The van der Waals surface area contributed by atoms with Gasteiger partial charge in [-0.1, -0.05) is 60.3 Å². The molecule has 1 aromatic heterocycles. The van der Waals surface area contributed by atoms with Crippen molar-refractivity contribution in [3.63, 3.8) is 0 Å². The molecule has 4 aromatic rings. The number of hydrogen-bond donors (Lipinski definition) is 0. The molecular formula is C29H31N5O2S. The van der Waals surface area contributed by atoms with Crippen LogP contribution < -0.4 is 4.74 Å². The fourth-order valence-corrected chi connectivity index (χ4v) is 5.43. The van der Waals surface area contributed by atoms with Crippen LogP contribution in [0.4, 0.5) is 0 Å². The smallest absolute Gasteiger partial charge is 0.254 e. The number of carbonyl (C=O) groups excluding carboxylic acids is 1. The zero-order valence-corrected chi connectivity index (χ0v) is 22.0. The molecule has 1 amide bonds. The quantitative estimate of drug-likeness (QED) is 0.322. The Kier molecular flexibility index (Phi) is 7.87. The molecule has 0 bridgehead atoms. The van der Waals surface area contributed by atoms with Gasteiger partial charge in [-0.15, -0.1) is 10.2 Å². The molecule has 37 heavy (non-hydrogen) atoms. The molecule has 5 rings (SSSR count). The number of amides is 1. The Bertz CT molecular complexity index is 1330. The predicted molar refractivity (Wildman–Crippen MR) is 147 cm³/mol. The molecule has 1 saturated heterocycles. The van der Waals surface area contributed by atoms with Gasteiger partial charge < -0.3 is 14.5 Å². The fourth-order valence-electron chi connectivity index (χ4n) is 4.45. The summed E-state index contributed by atoms with van der Waals surface area (Å²) < 4.78 is 7.45. The Hall–Kier alpha value is -3.62. The Morgan fingerprint density at radius 2 is 1.59 bits per heavy atom. The molecule has 0 saturated carbocycles. The van der Waals surface area contributed by atoms with E-state index in [1.165, 1.54) is 5.56 Å². The van der Waals surface area contributed by atoms with Crippen LogP contribution in [0.5, 0.6) is 5.75 Å². The van der Waals surface area contributed by atoms with E-state index in [2.05, 4.69) is 38.8 Å². The number of piperazine rings is 1. The van der Waals surface area contributed by atoms with Gasteiger partial charge in [-0.05, 0) is 48.5 Å². The van der Waals surface area contributed by atoms with Crippen molar-refractivity contribution in [3.8, 4) is 11.4 Å². The highest BCUT2D eigenvalue weighted by Gasteiger charge is 2.23. The molecule has 0 radical (unpaired) electrons. The highest BCUT2D eigenvalue weighted by atomic mass is 32.2. The van der Waals surface area contributed by atoms with Crippen LogP contribution >= 0.6 is 11.8 Å². The molecule has 1 aliphatic rings. The Morgan fingerprint density at radius 3 is 2.32 bits per heavy atom. The van der Waals surface area contributed by atoms with Crippen molar-refractivity contribution in [1.82, 2.24) is 24.6 Å². The van der Waals surface area contributed by atoms with E-state index in [0.717, 1.165) is 59.7 Å². The van der Waals surface area contributed by atoms with E-state index in [0.29, 0.717) is 12.2 Å². The first-order valence-corrected chi connectivity index (χ1v) is 13.4. The van der Waals surface area contributed by atoms with E-state index in [9.17, 15) is 4.79 Å². The van der Waals surface area contributed by atoms with Crippen molar-refractivity contribution in [3.05, 3.63) is 101 Å². The van der Waals surface area contributed by atoms with Gasteiger partial charge in [-0.3, -0.25) is 9.36 Å². The topological polar surface area (TPSA) is 63.5 Å². The number of likely N-dealkylation sites (N-methyl/N-ethyl adjacent to an activating group) is 1. The molecular weight excluding hydrogens is 482 g/mol. The Morgan fingerprint density at radius 1 is 0.892 bits per heavy atom. The van der Waals surface area contributed by atoms with Crippen LogP contribution in [-0.2, 0) is 12.2 Å². The fraction of sp³-hybridized carbons (Fsp3) is 0.276. The van der Waals surface area contributed by atoms with Gasteiger partial charge in [-0.2, -0.15) is 0 Å². The maximum atomic E-state index is 13.3.